The Morgan fingerprint density at radius 1 is 1.22 bits per heavy atom. The molecule has 4 aliphatic carbocycles. The van der Waals surface area contributed by atoms with Gasteiger partial charge < -0.3 is 19.4 Å². The number of halogens is 1. The van der Waals surface area contributed by atoms with Gasteiger partial charge in [0.15, 0.2) is 23.0 Å². The third kappa shape index (κ3) is 3.47. The van der Waals surface area contributed by atoms with Crippen LogP contribution in [0, 0.1) is 41.8 Å². The Hall–Kier alpha value is -2.61. The van der Waals surface area contributed by atoms with Gasteiger partial charge in [0.2, 0.25) is 0 Å². The Bertz CT molecular complexity index is 1170. The fraction of sp³-hybridized carbons (Fsp3) is 0.643. The highest BCUT2D eigenvalue weighted by Crippen LogP contribution is 2.82. The van der Waals surface area contributed by atoms with E-state index in [0.717, 1.165) is 69.6 Å². The van der Waals surface area contributed by atoms with Crippen LogP contribution in [0.1, 0.15) is 61.3 Å². The number of benzene rings is 1. The Kier molecular flexibility index (Phi) is 4.98. The van der Waals surface area contributed by atoms with E-state index >= 15 is 4.39 Å². The number of hydrogen-bond donors (Lipinski definition) is 1. The van der Waals surface area contributed by atoms with Crippen LogP contribution < -0.4 is 15.0 Å². The molecule has 2 aliphatic heterocycles. The van der Waals surface area contributed by atoms with Crippen molar-refractivity contribution in [1.82, 2.24) is 9.88 Å². The summed E-state index contributed by atoms with van der Waals surface area (Å²) in [6.07, 6.45) is 4.59. The molecule has 192 valence electrons. The molecule has 3 unspecified atom stereocenters. The molecule has 0 spiro atoms. The van der Waals surface area contributed by atoms with E-state index in [0.29, 0.717) is 46.7 Å². The molecule has 4 saturated carbocycles. The molecule has 1 N–H and O–H groups in total. The number of ether oxygens (including phenoxy) is 1. The number of nitrogens with zero attached hydrogens (tertiary/aromatic N) is 3. The summed E-state index contributed by atoms with van der Waals surface area (Å²) >= 11 is 0. The molecule has 2 bridgehead atoms. The Morgan fingerprint density at radius 3 is 2.56 bits per heavy atom. The standard InChI is InChI=1S/C28H35FN4O3/c1-4-28(5-2)13-33(14-28)27-31-24(20(36-27)12-32-7-6-8-32)26(34)30-16-9-15(3)25(18(29)10-16)35-19-11-17-21-22(17)23(19)21/h9-10,17,19,21-23H,4-8,11-14H2,1-3H3,(H,30,34). The number of aryl methyl sites for hydroxylation is 1. The van der Waals surface area contributed by atoms with Gasteiger partial charge in [-0.1, -0.05) is 13.8 Å². The van der Waals surface area contributed by atoms with Crippen LogP contribution in [-0.4, -0.2) is 48.1 Å². The molecule has 3 atom stereocenters. The zero-order valence-electron chi connectivity index (χ0n) is 21.3. The van der Waals surface area contributed by atoms with Gasteiger partial charge in [0, 0.05) is 36.2 Å². The van der Waals surface area contributed by atoms with Crippen molar-refractivity contribution in [3.8, 4) is 5.75 Å². The molecular weight excluding hydrogens is 459 g/mol. The zero-order chi connectivity index (χ0) is 24.8. The summed E-state index contributed by atoms with van der Waals surface area (Å²) in [4.78, 5) is 22.3. The number of fused-ring (bicyclic) bond motifs is 1. The average molecular weight is 495 g/mol. The molecule has 6 fully saturated rings. The largest absolute Gasteiger partial charge is 0.487 e. The first-order chi connectivity index (χ1) is 17.4. The molecule has 2 aromatic rings. The van der Waals surface area contributed by atoms with Crippen LogP contribution in [0.5, 0.6) is 5.75 Å². The minimum absolute atomic E-state index is 0.150. The highest BCUT2D eigenvalue weighted by atomic mass is 19.1. The van der Waals surface area contributed by atoms with Gasteiger partial charge in [-0.05, 0) is 75.1 Å². The first kappa shape index (κ1) is 22.6. The molecule has 1 aromatic carbocycles. The molecule has 8 rings (SSSR count). The van der Waals surface area contributed by atoms with Crippen LogP contribution in [-0.2, 0) is 6.54 Å². The molecule has 7 nitrogen and oxygen atoms in total. The minimum Gasteiger partial charge on any atom is -0.487 e. The molecule has 1 aromatic heterocycles. The molecule has 1 amide bonds. The number of aromatic nitrogens is 1. The van der Waals surface area contributed by atoms with Crippen molar-refractivity contribution in [2.45, 2.75) is 59.1 Å². The highest BCUT2D eigenvalue weighted by Gasteiger charge is 2.81. The first-order valence-electron chi connectivity index (χ1n) is 13.6. The van der Waals surface area contributed by atoms with Gasteiger partial charge in [-0.15, -0.1) is 0 Å². The molecular formula is C28H35FN4O3. The number of amides is 1. The van der Waals surface area contributed by atoms with Gasteiger partial charge in [0.05, 0.1) is 6.54 Å². The van der Waals surface area contributed by atoms with Crippen LogP contribution in [0.15, 0.2) is 16.5 Å². The first-order valence-corrected chi connectivity index (χ1v) is 13.6. The topological polar surface area (TPSA) is 70.8 Å². The number of rotatable bonds is 9. The number of likely N-dealkylation sites (tertiary alicyclic amines) is 1. The van der Waals surface area contributed by atoms with Crippen LogP contribution >= 0.6 is 0 Å². The van der Waals surface area contributed by atoms with Crippen molar-refractivity contribution in [3.05, 3.63) is 35.0 Å². The lowest BCUT2D eigenvalue weighted by molar-refractivity contribution is 0.101. The summed E-state index contributed by atoms with van der Waals surface area (Å²) in [7, 11) is 0. The molecule has 6 aliphatic rings. The number of hydrogen-bond acceptors (Lipinski definition) is 6. The number of oxazole rings is 1. The van der Waals surface area contributed by atoms with Crippen LogP contribution in [0.3, 0.4) is 0 Å². The predicted molar refractivity (Wildman–Crippen MR) is 134 cm³/mol. The van der Waals surface area contributed by atoms with E-state index in [1.54, 1.807) is 6.07 Å². The van der Waals surface area contributed by atoms with Gasteiger partial charge in [0.1, 0.15) is 6.10 Å². The maximum absolute atomic E-state index is 15.0. The monoisotopic (exact) mass is 494 g/mol. The lowest BCUT2D eigenvalue weighted by Gasteiger charge is -2.49. The third-order valence-corrected chi connectivity index (χ3v) is 9.77. The lowest BCUT2D eigenvalue weighted by atomic mass is 9.75. The maximum Gasteiger partial charge on any atom is 0.298 e. The van der Waals surface area contributed by atoms with Crippen molar-refractivity contribution in [2.24, 2.45) is 29.1 Å². The van der Waals surface area contributed by atoms with E-state index in [2.05, 4.69) is 33.9 Å². The predicted octanol–water partition coefficient (Wildman–Crippen LogP) is 4.85. The Morgan fingerprint density at radius 2 is 1.97 bits per heavy atom. The normalized spacial score (nSPS) is 30.9. The molecule has 2 saturated heterocycles. The van der Waals surface area contributed by atoms with Crippen molar-refractivity contribution in [3.63, 3.8) is 0 Å². The van der Waals surface area contributed by atoms with Crippen molar-refractivity contribution in [1.29, 1.82) is 0 Å². The van der Waals surface area contributed by atoms with E-state index in [9.17, 15) is 4.79 Å². The van der Waals surface area contributed by atoms with E-state index in [1.807, 2.05) is 6.92 Å². The van der Waals surface area contributed by atoms with Gasteiger partial charge in [0.25, 0.3) is 11.9 Å². The summed E-state index contributed by atoms with van der Waals surface area (Å²) in [5.74, 6) is 3.28. The third-order valence-electron chi connectivity index (χ3n) is 9.77. The van der Waals surface area contributed by atoms with E-state index in [-0.39, 0.29) is 17.7 Å². The van der Waals surface area contributed by atoms with Crippen molar-refractivity contribution in [2.75, 3.05) is 36.4 Å². The van der Waals surface area contributed by atoms with Crippen LogP contribution in [0.25, 0.3) is 0 Å². The fourth-order valence-electron chi connectivity index (χ4n) is 6.99. The smallest absolute Gasteiger partial charge is 0.298 e. The number of carbonyl (C=O) groups excluding carboxylic acids is 1. The Labute approximate surface area is 211 Å². The van der Waals surface area contributed by atoms with E-state index in [1.165, 1.54) is 6.07 Å². The zero-order valence-corrected chi connectivity index (χ0v) is 21.3. The molecule has 0 radical (unpaired) electrons. The summed E-state index contributed by atoms with van der Waals surface area (Å²) in [6, 6.07) is 3.65. The lowest BCUT2D eigenvalue weighted by Crippen LogP contribution is -2.56. The molecule has 3 heterocycles. The van der Waals surface area contributed by atoms with Gasteiger partial charge in [-0.2, -0.15) is 4.98 Å². The van der Waals surface area contributed by atoms with E-state index < -0.39 is 5.82 Å². The summed E-state index contributed by atoms with van der Waals surface area (Å²) in [5, 5.41) is 2.86. The summed E-state index contributed by atoms with van der Waals surface area (Å²) in [6.45, 7) is 10.6. The quantitative estimate of drug-likeness (QED) is 0.538. The van der Waals surface area contributed by atoms with Crippen molar-refractivity contribution >= 4 is 17.6 Å². The van der Waals surface area contributed by atoms with Crippen LogP contribution in [0.2, 0.25) is 0 Å². The maximum atomic E-state index is 15.0. The number of anilines is 2. The number of carbonyl (C=O) groups is 1. The van der Waals surface area contributed by atoms with Gasteiger partial charge in [-0.3, -0.25) is 9.69 Å². The second-order valence-corrected chi connectivity index (χ2v) is 11.8. The fourth-order valence-corrected chi connectivity index (χ4v) is 6.99. The second-order valence-electron chi connectivity index (χ2n) is 11.8. The average Bonchev–Trinajstić information content (AvgIpc) is 3.51. The minimum atomic E-state index is -0.429. The van der Waals surface area contributed by atoms with Gasteiger partial charge >= 0.3 is 0 Å². The van der Waals surface area contributed by atoms with Gasteiger partial charge in [-0.25, -0.2) is 4.39 Å². The second kappa shape index (κ2) is 7.94. The van der Waals surface area contributed by atoms with E-state index in [4.69, 9.17) is 9.15 Å². The molecule has 36 heavy (non-hydrogen) atoms. The summed E-state index contributed by atoms with van der Waals surface area (Å²) in [5.41, 5.74) is 1.69. The summed E-state index contributed by atoms with van der Waals surface area (Å²) < 4.78 is 27.3. The van der Waals surface area contributed by atoms with Crippen molar-refractivity contribution < 1.29 is 18.3 Å². The number of nitrogens with one attached hydrogen (secondary N) is 1. The SMILES string of the molecule is CCC1(CC)CN(c2nc(C(=O)Nc3cc(C)c(OC4CC5C6C4C56)c(F)c3)c(CN3CCC3)o2)C1. The molecule has 8 heteroatoms. The Balaban J connectivity index is 1.08. The van der Waals surface area contributed by atoms with Crippen LogP contribution in [0.4, 0.5) is 16.1 Å². The highest BCUT2D eigenvalue weighted by molar-refractivity contribution is 6.03.